The first kappa shape index (κ1) is 14.5. The van der Waals surface area contributed by atoms with Crippen molar-refractivity contribution in [2.24, 2.45) is 5.92 Å². The first-order valence-corrected chi connectivity index (χ1v) is 7.57. The van der Waals surface area contributed by atoms with Crippen molar-refractivity contribution in [2.45, 2.75) is 45.6 Å². The fraction of sp³-hybridized carbons (Fsp3) is 0.500. The van der Waals surface area contributed by atoms with Gasteiger partial charge in [-0.2, -0.15) is 5.26 Å². The first-order valence-electron chi connectivity index (χ1n) is 7.57. The quantitative estimate of drug-likeness (QED) is 0.933. The molecule has 1 saturated carbocycles. The molecule has 2 aromatic heterocycles. The Kier molecular flexibility index (Phi) is 4.05. The highest BCUT2D eigenvalue weighted by Crippen LogP contribution is 2.30. The number of nitriles is 1. The van der Waals surface area contributed by atoms with Gasteiger partial charge in [-0.3, -0.25) is 0 Å². The third-order valence-electron chi connectivity index (χ3n) is 4.12. The maximum atomic E-state index is 8.96. The van der Waals surface area contributed by atoms with Crippen LogP contribution in [0.1, 0.15) is 42.3 Å². The summed E-state index contributed by atoms with van der Waals surface area (Å²) in [6.07, 6.45) is 4.12. The summed E-state index contributed by atoms with van der Waals surface area (Å²) in [4.78, 5) is 4.35. The molecule has 0 aromatic carbocycles. The number of hydrogen-bond donors (Lipinski definition) is 1. The summed E-state index contributed by atoms with van der Waals surface area (Å²) < 4.78 is 5.46. The van der Waals surface area contributed by atoms with Crippen LogP contribution in [0.3, 0.4) is 0 Å². The van der Waals surface area contributed by atoms with Gasteiger partial charge in [0.2, 0.25) is 11.8 Å². The predicted molar refractivity (Wildman–Crippen MR) is 81.2 cm³/mol. The van der Waals surface area contributed by atoms with E-state index >= 15 is 0 Å². The molecule has 0 amide bonds. The number of pyridine rings is 1. The van der Waals surface area contributed by atoms with E-state index in [0.29, 0.717) is 23.5 Å². The highest BCUT2D eigenvalue weighted by molar-refractivity contribution is 5.46. The Morgan fingerprint density at radius 2 is 2.18 bits per heavy atom. The Hall–Kier alpha value is -2.42. The molecule has 2 heterocycles. The normalized spacial score (nSPS) is 20.8. The van der Waals surface area contributed by atoms with Crippen LogP contribution < -0.4 is 5.32 Å². The molecule has 0 bridgehead atoms. The number of nitrogens with zero attached hydrogens (tertiary/aromatic N) is 4. The Morgan fingerprint density at radius 3 is 2.91 bits per heavy atom. The van der Waals surface area contributed by atoms with Crippen LogP contribution in [0.5, 0.6) is 0 Å². The molecular weight excluding hydrogens is 278 g/mol. The van der Waals surface area contributed by atoms with Crippen LogP contribution in [0.2, 0.25) is 0 Å². The van der Waals surface area contributed by atoms with Crippen molar-refractivity contribution >= 4 is 5.82 Å². The standard InChI is InChI=1S/C16H19N5O/c1-10-3-5-14(9-17)19-16(10)18-13-6-4-12(7-13)8-15-21-20-11(2)22-15/h3,5,12-13H,4,6-8H2,1-2H3,(H,18,19)/t12-,13+/m1/s1. The van der Waals surface area contributed by atoms with E-state index in [4.69, 9.17) is 9.68 Å². The lowest BCUT2D eigenvalue weighted by Gasteiger charge is -2.15. The summed E-state index contributed by atoms with van der Waals surface area (Å²) >= 11 is 0. The first-order chi connectivity index (χ1) is 10.6. The van der Waals surface area contributed by atoms with Gasteiger partial charge in [0, 0.05) is 19.4 Å². The molecule has 6 heteroatoms. The summed E-state index contributed by atoms with van der Waals surface area (Å²) in [7, 11) is 0. The molecule has 1 fully saturated rings. The molecule has 1 N–H and O–H groups in total. The molecule has 0 spiro atoms. The molecule has 2 aromatic rings. The Labute approximate surface area is 129 Å². The van der Waals surface area contributed by atoms with Crippen molar-refractivity contribution in [3.63, 3.8) is 0 Å². The van der Waals surface area contributed by atoms with E-state index < -0.39 is 0 Å². The number of rotatable bonds is 4. The van der Waals surface area contributed by atoms with Gasteiger partial charge in [-0.25, -0.2) is 4.98 Å². The Bertz CT molecular complexity index is 703. The summed E-state index contributed by atoms with van der Waals surface area (Å²) in [6, 6.07) is 6.15. The van der Waals surface area contributed by atoms with Gasteiger partial charge in [-0.1, -0.05) is 6.07 Å². The molecule has 1 aliphatic carbocycles. The number of nitrogens with one attached hydrogen (secondary N) is 1. The highest BCUT2D eigenvalue weighted by atomic mass is 16.4. The number of hydrogen-bond acceptors (Lipinski definition) is 6. The third-order valence-corrected chi connectivity index (χ3v) is 4.12. The molecule has 22 heavy (non-hydrogen) atoms. The fourth-order valence-electron chi connectivity index (χ4n) is 2.99. The SMILES string of the molecule is Cc1nnc(C[C@@H]2CC[C@H](Nc3nc(C#N)ccc3C)C2)o1. The van der Waals surface area contributed by atoms with E-state index in [1.54, 1.807) is 6.07 Å². The molecule has 0 unspecified atom stereocenters. The topological polar surface area (TPSA) is 87.6 Å². The van der Waals surface area contributed by atoms with E-state index in [9.17, 15) is 0 Å². The molecule has 0 aliphatic heterocycles. The lowest BCUT2D eigenvalue weighted by molar-refractivity contribution is 0.416. The molecule has 0 radical (unpaired) electrons. The highest BCUT2D eigenvalue weighted by Gasteiger charge is 2.26. The third kappa shape index (κ3) is 3.25. The van der Waals surface area contributed by atoms with Gasteiger partial charge in [-0.15, -0.1) is 10.2 Å². The van der Waals surface area contributed by atoms with Crippen LogP contribution in [0, 0.1) is 31.1 Å². The van der Waals surface area contributed by atoms with Gasteiger partial charge in [0.25, 0.3) is 0 Å². The molecule has 3 rings (SSSR count). The van der Waals surface area contributed by atoms with E-state index in [1.807, 2.05) is 19.9 Å². The van der Waals surface area contributed by atoms with Gasteiger partial charge in [0.15, 0.2) is 0 Å². The van der Waals surface area contributed by atoms with Crippen molar-refractivity contribution in [3.05, 3.63) is 35.2 Å². The summed E-state index contributed by atoms with van der Waals surface area (Å²) in [6.45, 7) is 3.82. The average Bonchev–Trinajstić information content (AvgIpc) is 3.11. The van der Waals surface area contributed by atoms with E-state index in [1.165, 1.54) is 0 Å². The van der Waals surface area contributed by atoms with Crippen molar-refractivity contribution in [3.8, 4) is 6.07 Å². The molecule has 0 saturated heterocycles. The minimum absolute atomic E-state index is 0.383. The Morgan fingerprint density at radius 1 is 1.32 bits per heavy atom. The molecule has 114 valence electrons. The van der Waals surface area contributed by atoms with Crippen LogP contribution in [0.15, 0.2) is 16.5 Å². The maximum Gasteiger partial charge on any atom is 0.216 e. The zero-order chi connectivity index (χ0) is 15.5. The monoisotopic (exact) mass is 297 g/mol. The lowest BCUT2D eigenvalue weighted by Crippen LogP contribution is -2.18. The van der Waals surface area contributed by atoms with E-state index in [-0.39, 0.29) is 0 Å². The fourth-order valence-corrected chi connectivity index (χ4v) is 2.99. The maximum absolute atomic E-state index is 8.96. The van der Waals surface area contributed by atoms with Crippen LogP contribution in [-0.4, -0.2) is 21.2 Å². The second kappa shape index (κ2) is 6.14. The number of aryl methyl sites for hydroxylation is 2. The van der Waals surface area contributed by atoms with Gasteiger partial charge >= 0.3 is 0 Å². The van der Waals surface area contributed by atoms with E-state index in [0.717, 1.165) is 43.0 Å². The average molecular weight is 297 g/mol. The minimum atomic E-state index is 0.383. The number of anilines is 1. The number of aromatic nitrogens is 3. The molecule has 2 atom stereocenters. The van der Waals surface area contributed by atoms with Crippen LogP contribution in [0.25, 0.3) is 0 Å². The second-order valence-corrected chi connectivity index (χ2v) is 5.91. The minimum Gasteiger partial charge on any atom is -0.426 e. The van der Waals surface area contributed by atoms with E-state index in [2.05, 4.69) is 26.6 Å². The predicted octanol–water partition coefficient (Wildman–Crippen LogP) is 2.78. The van der Waals surface area contributed by atoms with Crippen LogP contribution >= 0.6 is 0 Å². The van der Waals surface area contributed by atoms with Crippen molar-refractivity contribution in [1.82, 2.24) is 15.2 Å². The smallest absolute Gasteiger partial charge is 0.216 e. The van der Waals surface area contributed by atoms with Crippen LogP contribution in [0.4, 0.5) is 5.82 Å². The zero-order valence-corrected chi connectivity index (χ0v) is 12.8. The zero-order valence-electron chi connectivity index (χ0n) is 12.8. The molecular formula is C16H19N5O. The van der Waals surface area contributed by atoms with Crippen molar-refractivity contribution < 1.29 is 4.42 Å². The summed E-state index contributed by atoms with van der Waals surface area (Å²) in [5, 5.41) is 20.4. The second-order valence-electron chi connectivity index (χ2n) is 5.91. The summed E-state index contributed by atoms with van der Waals surface area (Å²) in [5.74, 6) is 2.72. The van der Waals surface area contributed by atoms with Gasteiger partial charge in [-0.05, 0) is 43.7 Å². The summed E-state index contributed by atoms with van der Waals surface area (Å²) in [5.41, 5.74) is 1.51. The van der Waals surface area contributed by atoms with Gasteiger partial charge < -0.3 is 9.73 Å². The van der Waals surface area contributed by atoms with Crippen molar-refractivity contribution in [1.29, 1.82) is 5.26 Å². The van der Waals surface area contributed by atoms with Gasteiger partial charge in [0.05, 0.1) is 0 Å². The van der Waals surface area contributed by atoms with Crippen molar-refractivity contribution in [2.75, 3.05) is 5.32 Å². The largest absolute Gasteiger partial charge is 0.426 e. The molecule has 6 nitrogen and oxygen atoms in total. The Balaban J connectivity index is 1.60. The molecule has 1 aliphatic rings. The lowest BCUT2D eigenvalue weighted by atomic mass is 10.0. The van der Waals surface area contributed by atoms with Crippen LogP contribution in [-0.2, 0) is 6.42 Å². The van der Waals surface area contributed by atoms with Gasteiger partial charge in [0.1, 0.15) is 17.6 Å².